The van der Waals surface area contributed by atoms with Crippen LogP contribution in [-0.2, 0) is 6.54 Å². The van der Waals surface area contributed by atoms with Crippen molar-refractivity contribution < 1.29 is 14.5 Å². The van der Waals surface area contributed by atoms with Gasteiger partial charge in [0.2, 0.25) is 0 Å². The summed E-state index contributed by atoms with van der Waals surface area (Å²) in [5.74, 6) is -0.445. The number of hydrogen-bond donors (Lipinski definition) is 3. The molecule has 0 saturated carbocycles. The molecule has 3 aromatic rings. The maximum atomic E-state index is 12.4. The van der Waals surface area contributed by atoms with Crippen molar-refractivity contribution >= 4 is 23.3 Å². The number of carbonyl (C=O) groups excluding carboxylic acids is 2. The summed E-state index contributed by atoms with van der Waals surface area (Å²) < 4.78 is 1.50. The van der Waals surface area contributed by atoms with Crippen LogP contribution in [0.15, 0.2) is 61.2 Å². The Bertz CT molecular complexity index is 1020. The van der Waals surface area contributed by atoms with Gasteiger partial charge in [0.15, 0.2) is 0 Å². The molecule has 0 atom stereocenters. The zero-order valence-corrected chi connectivity index (χ0v) is 14.5. The lowest BCUT2D eigenvalue weighted by atomic mass is 10.1. The third-order valence-electron chi connectivity index (χ3n) is 3.89. The molecule has 0 aliphatic rings. The minimum atomic E-state index is -0.665. The number of hydrogen-bond acceptors (Lipinski definition) is 5. The van der Waals surface area contributed by atoms with Gasteiger partial charge in [0.1, 0.15) is 5.69 Å². The van der Waals surface area contributed by atoms with E-state index in [4.69, 9.17) is 5.73 Å². The monoisotopic (exact) mass is 380 g/mol. The van der Waals surface area contributed by atoms with Crippen LogP contribution in [-0.4, -0.2) is 26.4 Å². The van der Waals surface area contributed by atoms with Gasteiger partial charge < -0.3 is 20.9 Å². The Balaban J connectivity index is 1.71. The van der Waals surface area contributed by atoms with E-state index in [2.05, 4.69) is 15.6 Å². The Kier molecular flexibility index (Phi) is 5.30. The Morgan fingerprint density at radius 1 is 1.18 bits per heavy atom. The number of nitro benzene ring substituents is 1. The van der Waals surface area contributed by atoms with Crippen LogP contribution in [0.3, 0.4) is 0 Å². The molecule has 10 heteroatoms. The molecule has 3 amide bonds. The highest BCUT2D eigenvalue weighted by Gasteiger charge is 2.18. The fourth-order valence-electron chi connectivity index (χ4n) is 2.56. The lowest BCUT2D eigenvalue weighted by molar-refractivity contribution is -0.384. The second-order valence-corrected chi connectivity index (χ2v) is 5.80. The SMILES string of the molecule is NC(=O)Nc1ccc(CNC(=O)c2ccc(-n3ccnc3)c([N+](=O)[O-])c2)cc1. The molecule has 0 spiro atoms. The first-order valence-electron chi connectivity index (χ1n) is 8.14. The predicted molar refractivity (Wildman–Crippen MR) is 101 cm³/mol. The molecule has 0 bridgehead atoms. The number of nitro groups is 1. The second-order valence-electron chi connectivity index (χ2n) is 5.80. The van der Waals surface area contributed by atoms with Gasteiger partial charge in [-0.3, -0.25) is 14.9 Å². The number of nitrogens with zero attached hydrogens (tertiary/aromatic N) is 3. The molecule has 142 valence electrons. The van der Waals surface area contributed by atoms with Crippen LogP contribution in [0.25, 0.3) is 5.69 Å². The first kappa shape index (κ1) is 18.6. The average Bonchev–Trinajstić information content (AvgIpc) is 3.21. The molecule has 0 saturated heterocycles. The summed E-state index contributed by atoms with van der Waals surface area (Å²) in [5.41, 5.74) is 6.64. The van der Waals surface area contributed by atoms with Gasteiger partial charge in [-0.1, -0.05) is 12.1 Å². The van der Waals surface area contributed by atoms with Gasteiger partial charge in [-0.15, -0.1) is 0 Å². The highest BCUT2D eigenvalue weighted by atomic mass is 16.6. The number of nitrogens with two attached hydrogens (primary N) is 1. The number of nitrogens with one attached hydrogen (secondary N) is 2. The molecule has 1 aromatic heterocycles. The van der Waals surface area contributed by atoms with E-state index in [1.54, 1.807) is 30.5 Å². The smallest absolute Gasteiger partial charge is 0.316 e. The van der Waals surface area contributed by atoms with Crippen LogP contribution >= 0.6 is 0 Å². The molecule has 4 N–H and O–H groups in total. The van der Waals surface area contributed by atoms with Gasteiger partial charge in [0, 0.05) is 36.3 Å². The van der Waals surface area contributed by atoms with E-state index < -0.39 is 16.9 Å². The predicted octanol–water partition coefficient (Wildman–Crippen LogP) is 2.20. The molecule has 0 unspecified atom stereocenters. The van der Waals surface area contributed by atoms with Crippen LogP contribution in [0.4, 0.5) is 16.2 Å². The Morgan fingerprint density at radius 2 is 1.93 bits per heavy atom. The van der Waals surface area contributed by atoms with E-state index in [9.17, 15) is 19.7 Å². The van der Waals surface area contributed by atoms with Gasteiger partial charge in [-0.05, 0) is 29.8 Å². The standard InChI is InChI=1S/C18H16N6O4/c19-18(26)22-14-4-1-12(2-5-14)10-21-17(25)13-3-6-15(16(9-13)24(27)28)23-8-7-20-11-23/h1-9,11H,10H2,(H,21,25)(H3,19,22,26). The Labute approximate surface area is 159 Å². The average molecular weight is 380 g/mol. The van der Waals surface area contributed by atoms with Crippen LogP contribution < -0.4 is 16.4 Å². The largest absolute Gasteiger partial charge is 0.351 e. The fourth-order valence-corrected chi connectivity index (χ4v) is 2.56. The van der Waals surface area contributed by atoms with Crippen molar-refractivity contribution in [2.45, 2.75) is 6.54 Å². The van der Waals surface area contributed by atoms with Gasteiger partial charge >= 0.3 is 6.03 Å². The number of primary amides is 1. The fraction of sp³-hybridized carbons (Fsp3) is 0.0556. The zero-order chi connectivity index (χ0) is 20.1. The highest BCUT2D eigenvalue weighted by molar-refractivity contribution is 5.95. The molecular formula is C18H16N6O4. The molecule has 10 nitrogen and oxygen atoms in total. The molecular weight excluding hydrogens is 364 g/mol. The maximum Gasteiger partial charge on any atom is 0.316 e. The van der Waals surface area contributed by atoms with E-state index in [0.29, 0.717) is 11.4 Å². The van der Waals surface area contributed by atoms with Crippen molar-refractivity contribution in [1.29, 1.82) is 0 Å². The van der Waals surface area contributed by atoms with Crippen molar-refractivity contribution in [3.05, 3.63) is 82.4 Å². The van der Waals surface area contributed by atoms with Crippen LogP contribution in [0.2, 0.25) is 0 Å². The van der Waals surface area contributed by atoms with E-state index in [0.717, 1.165) is 5.56 Å². The molecule has 2 aromatic carbocycles. The number of amides is 3. The third kappa shape index (κ3) is 4.30. The first-order chi connectivity index (χ1) is 13.4. The molecule has 1 heterocycles. The van der Waals surface area contributed by atoms with Gasteiger partial charge in [-0.25, -0.2) is 9.78 Å². The van der Waals surface area contributed by atoms with Crippen molar-refractivity contribution in [3.63, 3.8) is 0 Å². The molecule has 0 aliphatic heterocycles. The van der Waals surface area contributed by atoms with E-state index >= 15 is 0 Å². The van der Waals surface area contributed by atoms with Gasteiger partial charge in [0.05, 0.1) is 11.3 Å². The normalized spacial score (nSPS) is 10.3. The summed E-state index contributed by atoms with van der Waals surface area (Å²) in [7, 11) is 0. The summed E-state index contributed by atoms with van der Waals surface area (Å²) >= 11 is 0. The number of carbonyl (C=O) groups is 2. The second kappa shape index (κ2) is 7.99. The summed E-state index contributed by atoms with van der Waals surface area (Å²) in [6.07, 6.45) is 4.53. The number of imidazole rings is 1. The lowest BCUT2D eigenvalue weighted by Gasteiger charge is -2.09. The zero-order valence-electron chi connectivity index (χ0n) is 14.5. The van der Waals surface area contributed by atoms with E-state index in [1.165, 1.54) is 35.3 Å². The Hall–Kier alpha value is -4.21. The minimum Gasteiger partial charge on any atom is -0.351 e. The summed E-state index contributed by atoms with van der Waals surface area (Å²) in [4.78, 5) is 37.9. The topological polar surface area (TPSA) is 145 Å². The van der Waals surface area contributed by atoms with Crippen LogP contribution in [0.5, 0.6) is 0 Å². The third-order valence-corrected chi connectivity index (χ3v) is 3.89. The van der Waals surface area contributed by atoms with Gasteiger partial charge in [0.25, 0.3) is 11.6 Å². The molecule has 0 aliphatic carbocycles. The summed E-state index contributed by atoms with van der Waals surface area (Å²) in [6.45, 7) is 0.215. The van der Waals surface area contributed by atoms with E-state index in [1.807, 2.05) is 0 Å². The number of aromatic nitrogens is 2. The molecule has 28 heavy (non-hydrogen) atoms. The van der Waals surface area contributed by atoms with E-state index in [-0.39, 0.29) is 17.8 Å². The maximum absolute atomic E-state index is 12.4. The van der Waals surface area contributed by atoms with Crippen molar-refractivity contribution in [2.75, 3.05) is 5.32 Å². The number of rotatable bonds is 6. The molecule has 0 radical (unpaired) electrons. The lowest BCUT2D eigenvalue weighted by Crippen LogP contribution is -2.23. The Morgan fingerprint density at radius 3 is 2.54 bits per heavy atom. The van der Waals surface area contributed by atoms with Crippen LogP contribution in [0.1, 0.15) is 15.9 Å². The quantitative estimate of drug-likeness (QED) is 0.443. The molecule has 3 rings (SSSR count). The summed E-state index contributed by atoms with van der Waals surface area (Å²) in [5, 5.41) is 16.5. The molecule has 0 fully saturated rings. The summed E-state index contributed by atoms with van der Waals surface area (Å²) in [6, 6.07) is 10.3. The first-order valence-corrected chi connectivity index (χ1v) is 8.14. The number of anilines is 1. The van der Waals surface area contributed by atoms with Gasteiger partial charge in [-0.2, -0.15) is 0 Å². The minimum absolute atomic E-state index is 0.169. The van der Waals surface area contributed by atoms with Crippen LogP contribution in [0, 0.1) is 10.1 Å². The number of urea groups is 1. The highest BCUT2D eigenvalue weighted by Crippen LogP contribution is 2.24. The van der Waals surface area contributed by atoms with Crippen molar-refractivity contribution in [1.82, 2.24) is 14.9 Å². The number of benzene rings is 2. The van der Waals surface area contributed by atoms with Crippen molar-refractivity contribution in [2.24, 2.45) is 5.73 Å². The van der Waals surface area contributed by atoms with Crippen molar-refractivity contribution in [3.8, 4) is 5.69 Å².